The second kappa shape index (κ2) is 6.10. The van der Waals surface area contributed by atoms with Gasteiger partial charge in [-0.1, -0.05) is 18.2 Å². The summed E-state index contributed by atoms with van der Waals surface area (Å²) < 4.78 is 25.9. The van der Waals surface area contributed by atoms with Gasteiger partial charge in [0.15, 0.2) is 0 Å². The molecule has 0 atom stereocenters. The van der Waals surface area contributed by atoms with Crippen LogP contribution in [0.15, 0.2) is 42.5 Å². The maximum atomic E-state index is 12.4. The number of aromatic nitrogens is 1. The van der Waals surface area contributed by atoms with Crippen molar-refractivity contribution in [2.75, 3.05) is 11.4 Å². The van der Waals surface area contributed by atoms with Gasteiger partial charge in [-0.25, -0.2) is 13.4 Å². The first-order valence-electron chi connectivity index (χ1n) is 6.43. The van der Waals surface area contributed by atoms with Gasteiger partial charge in [0, 0.05) is 24.9 Å². The van der Waals surface area contributed by atoms with Crippen molar-refractivity contribution in [3.8, 4) is 0 Å². The van der Waals surface area contributed by atoms with Crippen LogP contribution in [0.25, 0.3) is 0 Å². The van der Waals surface area contributed by atoms with E-state index < -0.39 is 14.9 Å². The molecule has 0 saturated heterocycles. The van der Waals surface area contributed by atoms with E-state index in [9.17, 15) is 18.5 Å². The van der Waals surface area contributed by atoms with Gasteiger partial charge in [0.1, 0.15) is 5.82 Å². The highest BCUT2D eigenvalue weighted by Gasteiger charge is 2.21. The number of nitro benzene ring substituents is 1. The molecule has 0 fully saturated rings. The Morgan fingerprint density at radius 2 is 1.91 bits per heavy atom. The minimum Gasteiger partial charge on any atom is -0.258 e. The molecule has 0 bridgehead atoms. The van der Waals surface area contributed by atoms with Crippen molar-refractivity contribution >= 4 is 21.5 Å². The Morgan fingerprint density at radius 3 is 2.55 bits per heavy atom. The zero-order valence-electron chi connectivity index (χ0n) is 12.1. The highest BCUT2D eigenvalue weighted by molar-refractivity contribution is 7.92. The number of aryl methyl sites for hydroxylation is 1. The molecule has 0 spiro atoms. The van der Waals surface area contributed by atoms with E-state index in [-0.39, 0.29) is 11.4 Å². The predicted molar refractivity (Wildman–Crippen MR) is 83.1 cm³/mol. The number of benzene rings is 1. The third-order valence-corrected chi connectivity index (χ3v) is 4.80. The molecule has 0 aliphatic carbocycles. The Kier molecular flexibility index (Phi) is 4.41. The molecule has 0 aliphatic rings. The zero-order valence-corrected chi connectivity index (χ0v) is 12.9. The van der Waals surface area contributed by atoms with Crippen LogP contribution < -0.4 is 4.31 Å². The summed E-state index contributed by atoms with van der Waals surface area (Å²) in [7, 11) is -2.27. The second-order valence-electron chi connectivity index (χ2n) is 4.79. The van der Waals surface area contributed by atoms with Gasteiger partial charge in [0.05, 0.1) is 10.7 Å². The quantitative estimate of drug-likeness (QED) is 0.622. The highest BCUT2D eigenvalue weighted by Crippen LogP contribution is 2.19. The standard InChI is InChI=1S/C14H15N3O4S/c1-11-5-3-8-14(15-11)16(2)22(20,21)10-12-6-4-7-13(9-12)17(18)19/h3-9H,10H2,1-2H3. The van der Waals surface area contributed by atoms with Crippen molar-refractivity contribution in [1.82, 2.24) is 4.98 Å². The average molecular weight is 321 g/mol. The Labute approximate surface area is 128 Å². The van der Waals surface area contributed by atoms with E-state index in [2.05, 4.69) is 4.98 Å². The van der Waals surface area contributed by atoms with Gasteiger partial charge < -0.3 is 0 Å². The molecule has 1 aromatic heterocycles. The fourth-order valence-electron chi connectivity index (χ4n) is 1.91. The summed E-state index contributed by atoms with van der Waals surface area (Å²) in [5.74, 6) is -0.0220. The monoisotopic (exact) mass is 321 g/mol. The van der Waals surface area contributed by atoms with Crippen LogP contribution in [0.2, 0.25) is 0 Å². The first kappa shape index (κ1) is 15.9. The predicted octanol–water partition coefficient (Wildman–Crippen LogP) is 2.26. The molecule has 22 heavy (non-hydrogen) atoms. The molecule has 0 amide bonds. The van der Waals surface area contributed by atoms with Gasteiger partial charge in [-0.15, -0.1) is 0 Å². The molecular weight excluding hydrogens is 306 g/mol. The highest BCUT2D eigenvalue weighted by atomic mass is 32.2. The SMILES string of the molecule is Cc1cccc(N(C)S(=O)(=O)Cc2cccc([N+](=O)[O-])c2)n1. The van der Waals surface area contributed by atoms with Crippen molar-refractivity contribution in [1.29, 1.82) is 0 Å². The topological polar surface area (TPSA) is 93.4 Å². The van der Waals surface area contributed by atoms with Crippen LogP contribution in [0, 0.1) is 17.0 Å². The third kappa shape index (κ3) is 3.59. The molecular formula is C14H15N3O4S. The fraction of sp³-hybridized carbons (Fsp3) is 0.214. The van der Waals surface area contributed by atoms with Crippen LogP contribution in [-0.4, -0.2) is 25.4 Å². The smallest absolute Gasteiger partial charge is 0.258 e. The van der Waals surface area contributed by atoms with Crippen molar-refractivity contribution in [3.05, 3.63) is 63.8 Å². The van der Waals surface area contributed by atoms with Crippen LogP contribution in [0.4, 0.5) is 11.5 Å². The van der Waals surface area contributed by atoms with Crippen molar-refractivity contribution in [3.63, 3.8) is 0 Å². The molecule has 116 valence electrons. The van der Waals surface area contributed by atoms with Gasteiger partial charge in [-0.2, -0.15) is 0 Å². The van der Waals surface area contributed by atoms with Gasteiger partial charge in [-0.3, -0.25) is 14.4 Å². The van der Waals surface area contributed by atoms with Gasteiger partial charge in [-0.05, 0) is 24.6 Å². The fourth-order valence-corrected chi connectivity index (χ4v) is 3.09. The molecule has 0 saturated carbocycles. The van der Waals surface area contributed by atoms with Crippen molar-refractivity contribution < 1.29 is 13.3 Å². The zero-order chi connectivity index (χ0) is 16.3. The van der Waals surface area contributed by atoms with Gasteiger partial charge in [0.2, 0.25) is 10.0 Å². The summed E-state index contributed by atoms with van der Waals surface area (Å²) in [6.07, 6.45) is 0. The average Bonchev–Trinajstić information content (AvgIpc) is 2.46. The summed E-state index contributed by atoms with van der Waals surface area (Å²) in [6, 6.07) is 10.7. The van der Waals surface area contributed by atoms with Crippen LogP contribution in [0.3, 0.4) is 0 Å². The molecule has 2 rings (SSSR count). The summed E-state index contributed by atoms with van der Waals surface area (Å²) in [5, 5.41) is 10.7. The molecule has 1 aromatic carbocycles. The van der Waals surface area contributed by atoms with Crippen LogP contribution >= 0.6 is 0 Å². The summed E-state index contributed by atoms with van der Waals surface area (Å²) >= 11 is 0. The maximum Gasteiger partial charge on any atom is 0.269 e. The Morgan fingerprint density at radius 1 is 1.23 bits per heavy atom. The summed E-state index contributed by atoms with van der Waals surface area (Å²) in [5.41, 5.74) is 0.924. The minimum atomic E-state index is -3.68. The normalized spacial score (nSPS) is 11.2. The van der Waals surface area contributed by atoms with Crippen LogP contribution in [0.1, 0.15) is 11.3 Å². The summed E-state index contributed by atoms with van der Waals surface area (Å²) in [6.45, 7) is 1.77. The second-order valence-corrected chi connectivity index (χ2v) is 6.79. The lowest BCUT2D eigenvalue weighted by Crippen LogP contribution is -2.28. The van der Waals surface area contributed by atoms with E-state index in [1.807, 2.05) is 0 Å². The lowest BCUT2D eigenvalue weighted by molar-refractivity contribution is -0.384. The van der Waals surface area contributed by atoms with E-state index in [0.717, 1.165) is 4.31 Å². The van der Waals surface area contributed by atoms with Crippen molar-refractivity contribution in [2.45, 2.75) is 12.7 Å². The number of non-ortho nitro benzene ring substituents is 1. The van der Waals surface area contributed by atoms with Gasteiger partial charge in [0.25, 0.3) is 5.69 Å². The Balaban J connectivity index is 2.27. The van der Waals surface area contributed by atoms with E-state index >= 15 is 0 Å². The van der Waals surface area contributed by atoms with E-state index in [1.165, 1.54) is 25.2 Å². The minimum absolute atomic E-state index is 0.135. The van der Waals surface area contributed by atoms with E-state index in [1.54, 1.807) is 31.2 Å². The number of rotatable bonds is 5. The largest absolute Gasteiger partial charge is 0.269 e. The maximum absolute atomic E-state index is 12.4. The Hall–Kier alpha value is -2.48. The number of nitrogens with zero attached hydrogens (tertiary/aromatic N) is 3. The molecule has 0 N–H and O–H groups in total. The van der Waals surface area contributed by atoms with E-state index in [4.69, 9.17) is 0 Å². The molecule has 7 nitrogen and oxygen atoms in total. The first-order valence-corrected chi connectivity index (χ1v) is 8.04. The first-order chi connectivity index (χ1) is 10.3. The molecule has 0 aliphatic heterocycles. The lowest BCUT2D eigenvalue weighted by atomic mass is 10.2. The molecule has 0 radical (unpaired) electrons. The van der Waals surface area contributed by atoms with Crippen LogP contribution in [0.5, 0.6) is 0 Å². The van der Waals surface area contributed by atoms with Crippen molar-refractivity contribution in [2.24, 2.45) is 0 Å². The molecule has 8 heteroatoms. The lowest BCUT2D eigenvalue weighted by Gasteiger charge is -2.18. The summed E-state index contributed by atoms with van der Waals surface area (Å²) in [4.78, 5) is 14.4. The number of nitro groups is 1. The number of hydrogen-bond donors (Lipinski definition) is 0. The number of hydrogen-bond acceptors (Lipinski definition) is 5. The third-order valence-electron chi connectivity index (χ3n) is 3.08. The molecule has 0 unspecified atom stereocenters. The van der Waals surface area contributed by atoms with E-state index in [0.29, 0.717) is 17.1 Å². The van der Waals surface area contributed by atoms with Gasteiger partial charge >= 0.3 is 0 Å². The number of sulfonamides is 1. The van der Waals surface area contributed by atoms with Crippen LogP contribution in [-0.2, 0) is 15.8 Å². The number of anilines is 1. The Bertz CT molecular complexity index is 805. The molecule has 1 heterocycles. The molecule has 2 aromatic rings. The number of pyridine rings is 1.